The first kappa shape index (κ1) is 13.7. The molecular weight excluding hydrogens is 238 g/mol. The smallest absolute Gasteiger partial charge is 0.315 e. The second-order valence-electron chi connectivity index (χ2n) is 5.63. The molecule has 0 saturated carbocycles. The van der Waals surface area contributed by atoms with Crippen molar-refractivity contribution >= 4 is 0 Å². The lowest BCUT2D eigenvalue weighted by atomic mass is 10.0. The van der Waals surface area contributed by atoms with E-state index >= 15 is 0 Å². The van der Waals surface area contributed by atoms with Gasteiger partial charge in [0.05, 0.1) is 5.56 Å². The van der Waals surface area contributed by atoms with E-state index in [2.05, 4.69) is 12.1 Å². The maximum atomic E-state index is 5.86. The molecule has 0 amide bonds. The summed E-state index contributed by atoms with van der Waals surface area (Å²) in [5.74, 6) is 0.549. The van der Waals surface area contributed by atoms with E-state index in [-0.39, 0.29) is 5.60 Å². The summed E-state index contributed by atoms with van der Waals surface area (Å²) in [4.78, 5) is 0. The molecule has 2 aromatic rings. The van der Waals surface area contributed by atoms with Gasteiger partial charge >= 0.3 is 5.95 Å². The van der Waals surface area contributed by atoms with E-state index in [1.54, 1.807) is 0 Å². The predicted molar refractivity (Wildman–Crippen MR) is 76.3 cm³/mol. The van der Waals surface area contributed by atoms with Crippen molar-refractivity contribution in [1.82, 2.24) is 5.16 Å². The average Bonchev–Trinajstić information content (AvgIpc) is 2.72. The normalized spacial score (nSPS) is 11.6. The molecule has 0 bridgehead atoms. The highest BCUT2D eigenvalue weighted by Gasteiger charge is 2.22. The fourth-order valence-electron chi connectivity index (χ4n) is 1.95. The van der Waals surface area contributed by atoms with Crippen molar-refractivity contribution in [3.63, 3.8) is 0 Å². The van der Waals surface area contributed by atoms with Gasteiger partial charge in [0.1, 0.15) is 11.3 Å². The van der Waals surface area contributed by atoms with Gasteiger partial charge < -0.3 is 9.26 Å². The van der Waals surface area contributed by atoms with Crippen LogP contribution in [0.4, 0.5) is 0 Å². The minimum atomic E-state index is -0.282. The average molecular weight is 259 g/mol. The lowest BCUT2D eigenvalue weighted by Gasteiger charge is -2.19. The van der Waals surface area contributed by atoms with Crippen molar-refractivity contribution in [2.45, 2.75) is 46.1 Å². The number of rotatable bonds is 4. The van der Waals surface area contributed by atoms with Gasteiger partial charge in [-0.2, -0.15) is 0 Å². The van der Waals surface area contributed by atoms with Gasteiger partial charge in [0.15, 0.2) is 0 Å². The van der Waals surface area contributed by atoms with Crippen LogP contribution in [0.2, 0.25) is 0 Å². The highest BCUT2D eigenvalue weighted by Crippen LogP contribution is 2.33. The summed E-state index contributed by atoms with van der Waals surface area (Å²) in [7, 11) is 0. The van der Waals surface area contributed by atoms with Crippen molar-refractivity contribution in [2.24, 2.45) is 0 Å². The SMILES string of the molecule is CCCc1c(-c2ccccc2)noc1OC(C)(C)C. The predicted octanol–water partition coefficient (Wildman–Crippen LogP) is 4.47. The first-order valence-corrected chi connectivity index (χ1v) is 6.74. The minimum absolute atomic E-state index is 0.282. The Morgan fingerprint density at radius 2 is 1.84 bits per heavy atom. The van der Waals surface area contributed by atoms with Crippen LogP contribution in [-0.4, -0.2) is 10.8 Å². The van der Waals surface area contributed by atoms with Crippen molar-refractivity contribution in [3.05, 3.63) is 35.9 Å². The van der Waals surface area contributed by atoms with Crippen molar-refractivity contribution in [3.8, 4) is 17.2 Å². The summed E-state index contributed by atoms with van der Waals surface area (Å²) in [6, 6.07) is 10.1. The van der Waals surface area contributed by atoms with Gasteiger partial charge in [-0.25, -0.2) is 0 Å². The van der Waals surface area contributed by atoms with Gasteiger partial charge in [0.2, 0.25) is 0 Å². The fraction of sp³-hybridized carbons (Fsp3) is 0.438. The number of nitrogens with zero attached hydrogens (tertiary/aromatic N) is 1. The molecule has 19 heavy (non-hydrogen) atoms. The van der Waals surface area contributed by atoms with E-state index in [9.17, 15) is 0 Å². The Labute approximate surface area is 114 Å². The first-order valence-electron chi connectivity index (χ1n) is 6.74. The van der Waals surface area contributed by atoms with Crippen LogP contribution >= 0.6 is 0 Å². The monoisotopic (exact) mass is 259 g/mol. The quantitative estimate of drug-likeness (QED) is 0.812. The summed E-state index contributed by atoms with van der Waals surface area (Å²) in [6.45, 7) is 8.16. The molecule has 0 saturated heterocycles. The molecular formula is C16H21NO2. The molecule has 3 heteroatoms. The van der Waals surface area contributed by atoms with Gasteiger partial charge in [0.25, 0.3) is 0 Å². The molecule has 102 valence electrons. The van der Waals surface area contributed by atoms with Crippen molar-refractivity contribution < 1.29 is 9.26 Å². The molecule has 0 radical (unpaired) electrons. The first-order chi connectivity index (χ1) is 9.01. The second kappa shape index (κ2) is 5.47. The van der Waals surface area contributed by atoms with E-state index < -0.39 is 0 Å². The van der Waals surface area contributed by atoms with Crippen LogP contribution in [0.1, 0.15) is 39.7 Å². The van der Waals surface area contributed by atoms with Gasteiger partial charge in [-0.15, -0.1) is 0 Å². The largest absolute Gasteiger partial charge is 0.458 e. The number of ether oxygens (including phenoxy) is 1. The Hall–Kier alpha value is -1.77. The van der Waals surface area contributed by atoms with Crippen LogP contribution in [0.25, 0.3) is 11.3 Å². The Kier molecular flexibility index (Phi) is 3.93. The zero-order valence-electron chi connectivity index (χ0n) is 12.1. The van der Waals surface area contributed by atoms with Gasteiger partial charge in [-0.05, 0) is 27.2 Å². The summed E-state index contributed by atoms with van der Waals surface area (Å²) < 4.78 is 11.3. The molecule has 1 aromatic carbocycles. The van der Waals surface area contributed by atoms with Crippen LogP contribution in [0.15, 0.2) is 34.9 Å². The zero-order valence-corrected chi connectivity index (χ0v) is 12.1. The summed E-state index contributed by atoms with van der Waals surface area (Å²) in [5.41, 5.74) is 2.74. The second-order valence-corrected chi connectivity index (χ2v) is 5.63. The summed E-state index contributed by atoms with van der Waals surface area (Å²) in [5, 5.41) is 4.19. The van der Waals surface area contributed by atoms with Gasteiger partial charge in [0, 0.05) is 5.56 Å². The van der Waals surface area contributed by atoms with Crippen LogP contribution in [-0.2, 0) is 6.42 Å². The molecule has 0 atom stereocenters. The Morgan fingerprint density at radius 1 is 1.16 bits per heavy atom. The van der Waals surface area contributed by atoms with E-state index in [1.165, 1.54) is 0 Å². The summed E-state index contributed by atoms with van der Waals surface area (Å²) in [6.07, 6.45) is 1.93. The highest BCUT2D eigenvalue weighted by molar-refractivity contribution is 5.64. The molecule has 0 aliphatic rings. The lowest BCUT2D eigenvalue weighted by molar-refractivity contribution is 0.0834. The van der Waals surface area contributed by atoms with E-state index in [0.717, 1.165) is 29.7 Å². The molecule has 0 spiro atoms. The molecule has 3 nitrogen and oxygen atoms in total. The maximum Gasteiger partial charge on any atom is 0.315 e. The Bertz CT molecular complexity index is 523. The third-order valence-electron chi connectivity index (χ3n) is 2.70. The van der Waals surface area contributed by atoms with Gasteiger partial charge in [-0.1, -0.05) is 48.8 Å². The molecule has 0 aliphatic heterocycles. The van der Waals surface area contributed by atoms with E-state index in [0.29, 0.717) is 5.95 Å². The molecule has 0 aliphatic carbocycles. The molecule has 1 heterocycles. The highest BCUT2D eigenvalue weighted by atomic mass is 16.6. The number of hydrogen-bond donors (Lipinski definition) is 0. The third kappa shape index (κ3) is 3.37. The molecule has 0 N–H and O–H groups in total. The van der Waals surface area contributed by atoms with Crippen molar-refractivity contribution in [2.75, 3.05) is 0 Å². The Morgan fingerprint density at radius 3 is 2.42 bits per heavy atom. The number of aromatic nitrogens is 1. The Balaban J connectivity index is 2.40. The van der Waals surface area contributed by atoms with Crippen molar-refractivity contribution in [1.29, 1.82) is 0 Å². The van der Waals surface area contributed by atoms with Crippen LogP contribution in [0, 0.1) is 0 Å². The number of benzene rings is 1. The van der Waals surface area contributed by atoms with Crippen LogP contribution in [0.5, 0.6) is 5.95 Å². The topological polar surface area (TPSA) is 35.3 Å². The van der Waals surface area contributed by atoms with E-state index in [1.807, 2.05) is 51.1 Å². The third-order valence-corrected chi connectivity index (χ3v) is 2.70. The molecule has 0 fully saturated rings. The van der Waals surface area contributed by atoms with E-state index in [4.69, 9.17) is 9.26 Å². The molecule has 2 rings (SSSR count). The van der Waals surface area contributed by atoms with Gasteiger partial charge in [-0.3, -0.25) is 0 Å². The lowest BCUT2D eigenvalue weighted by Crippen LogP contribution is -2.23. The fourth-order valence-corrected chi connectivity index (χ4v) is 1.95. The molecule has 0 unspecified atom stereocenters. The van der Waals surface area contributed by atoms with Crippen LogP contribution < -0.4 is 4.74 Å². The van der Waals surface area contributed by atoms with Crippen LogP contribution in [0.3, 0.4) is 0 Å². The minimum Gasteiger partial charge on any atom is -0.458 e. The molecule has 1 aromatic heterocycles. The maximum absolute atomic E-state index is 5.86. The standard InChI is InChI=1S/C16H21NO2/c1-5-9-13-14(12-10-7-6-8-11-12)17-19-15(13)18-16(2,3)4/h6-8,10-11H,5,9H2,1-4H3. The zero-order chi connectivity index (χ0) is 13.9. The summed E-state index contributed by atoms with van der Waals surface area (Å²) >= 11 is 0. The number of hydrogen-bond acceptors (Lipinski definition) is 3.